The van der Waals surface area contributed by atoms with E-state index in [9.17, 15) is 5.11 Å². The van der Waals surface area contributed by atoms with Crippen molar-refractivity contribution >= 4 is 0 Å². The van der Waals surface area contributed by atoms with Crippen molar-refractivity contribution in [3.63, 3.8) is 0 Å². The molecule has 68 valence electrons. The smallest absolute Gasteiger partial charge is 0.111 e. The fourth-order valence-corrected chi connectivity index (χ4v) is 0.892. The van der Waals surface area contributed by atoms with Crippen LogP contribution in [-0.2, 0) is 0 Å². The van der Waals surface area contributed by atoms with E-state index in [0.29, 0.717) is 0 Å². The topological polar surface area (TPSA) is 80.9 Å². The first-order chi connectivity index (χ1) is 5.08. The Kier molecular flexibility index (Phi) is 4.60. The molecule has 1 unspecified atom stereocenters. The molecule has 0 rings (SSSR count). The maximum absolute atomic E-state index is 9.32. The van der Waals surface area contributed by atoms with Crippen LogP contribution in [0.3, 0.4) is 0 Å². The zero-order valence-electron chi connectivity index (χ0n) is 6.69. The predicted molar refractivity (Wildman–Crippen MR) is 40.0 cm³/mol. The first-order valence-electron chi connectivity index (χ1n) is 3.63. The third-order valence-electron chi connectivity index (χ3n) is 1.63. The molecule has 0 aliphatic heterocycles. The van der Waals surface area contributed by atoms with Gasteiger partial charge in [0.1, 0.15) is 5.60 Å². The third kappa shape index (κ3) is 3.67. The first-order valence-corrected chi connectivity index (χ1v) is 3.63. The van der Waals surface area contributed by atoms with Gasteiger partial charge in [-0.05, 0) is 12.3 Å². The summed E-state index contributed by atoms with van der Waals surface area (Å²) in [5, 5.41) is 35.2. The molecule has 1 atom stereocenters. The average Bonchev–Trinajstić information content (AvgIpc) is 2.04. The number of hydrogen-bond acceptors (Lipinski definition) is 4. The molecule has 0 saturated carbocycles. The van der Waals surface area contributed by atoms with Crippen molar-refractivity contribution in [2.24, 2.45) is 5.92 Å². The highest BCUT2D eigenvalue weighted by atomic mass is 16.4. The van der Waals surface area contributed by atoms with Gasteiger partial charge in [0.15, 0.2) is 0 Å². The standard InChI is InChI=1S/C7H16O4/c1-6(3-8)2-7(11,4-9)5-10/h6,8-11H,2-5H2,1H3. The van der Waals surface area contributed by atoms with Crippen LogP contribution in [0.4, 0.5) is 0 Å². The van der Waals surface area contributed by atoms with Crippen molar-refractivity contribution in [2.45, 2.75) is 18.9 Å². The van der Waals surface area contributed by atoms with E-state index < -0.39 is 18.8 Å². The zero-order chi connectivity index (χ0) is 8.91. The van der Waals surface area contributed by atoms with E-state index in [4.69, 9.17) is 15.3 Å². The molecule has 4 N–H and O–H groups in total. The van der Waals surface area contributed by atoms with E-state index in [1.54, 1.807) is 6.92 Å². The molecular weight excluding hydrogens is 148 g/mol. The highest BCUT2D eigenvalue weighted by Gasteiger charge is 2.26. The van der Waals surface area contributed by atoms with Crippen molar-refractivity contribution in [2.75, 3.05) is 19.8 Å². The van der Waals surface area contributed by atoms with Gasteiger partial charge in [0.2, 0.25) is 0 Å². The Morgan fingerprint density at radius 1 is 1.18 bits per heavy atom. The summed E-state index contributed by atoms with van der Waals surface area (Å²) in [5.74, 6) is -0.112. The largest absolute Gasteiger partial charge is 0.396 e. The lowest BCUT2D eigenvalue weighted by molar-refractivity contribution is -0.0721. The van der Waals surface area contributed by atoms with Gasteiger partial charge >= 0.3 is 0 Å². The molecule has 4 nitrogen and oxygen atoms in total. The van der Waals surface area contributed by atoms with E-state index in [0.717, 1.165) is 0 Å². The molecule has 4 heteroatoms. The van der Waals surface area contributed by atoms with E-state index >= 15 is 0 Å². The summed E-state index contributed by atoms with van der Waals surface area (Å²) in [6.07, 6.45) is 0.205. The molecule has 0 aliphatic rings. The van der Waals surface area contributed by atoms with E-state index in [1.165, 1.54) is 0 Å². The molecule has 0 aromatic rings. The van der Waals surface area contributed by atoms with Crippen LogP contribution >= 0.6 is 0 Å². The van der Waals surface area contributed by atoms with Gasteiger partial charge in [-0.15, -0.1) is 0 Å². The molecule has 0 spiro atoms. The second kappa shape index (κ2) is 4.66. The Balaban J connectivity index is 3.86. The molecule has 0 radical (unpaired) electrons. The second-order valence-electron chi connectivity index (χ2n) is 3.03. The minimum Gasteiger partial charge on any atom is -0.396 e. The Bertz CT molecular complexity index is 101. The van der Waals surface area contributed by atoms with E-state index in [1.807, 2.05) is 0 Å². The van der Waals surface area contributed by atoms with Crippen LogP contribution in [-0.4, -0.2) is 45.8 Å². The van der Waals surface area contributed by atoms with Crippen molar-refractivity contribution in [1.29, 1.82) is 0 Å². The maximum Gasteiger partial charge on any atom is 0.111 e. The van der Waals surface area contributed by atoms with Gasteiger partial charge < -0.3 is 20.4 Å². The molecule has 0 bridgehead atoms. The summed E-state index contributed by atoms with van der Waals surface area (Å²) in [7, 11) is 0. The summed E-state index contributed by atoms with van der Waals surface area (Å²) in [6, 6.07) is 0. The Labute approximate surface area is 66.1 Å². The van der Waals surface area contributed by atoms with Gasteiger partial charge in [-0.2, -0.15) is 0 Å². The first kappa shape index (κ1) is 10.8. The quantitative estimate of drug-likeness (QED) is 0.408. The predicted octanol–water partition coefficient (Wildman–Crippen LogP) is -1.28. The van der Waals surface area contributed by atoms with Gasteiger partial charge in [-0.25, -0.2) is 0 Å². The van der Waals surface area contributed by atoms with E-state index in [-0.39, 0.29) is 18.9 Å². The number of rotatable bonds is 5. The summed E-state index contributed by atoms with van der Waals surface area (Å²) in [6.45, 7) is 0.723. The Hall–Kier alpha value is -0.160. The van der Waals surface area contributed by atoms with Gasteiger partial charge in [0, 0.05) is 6.61 Å². The van der Waals surface area contributed by atoms with Gasteiger partial charge in [0.25, 0.3) is 0 Å². The minimum atomic E-state index is -1.44. The Morgan fingerprint density at radius 3 is 1.91 bits per heavy atom. The second-order valence-corrected chi connectivity index (χ2v) is 3.03. The van der Waals surface area contributed by atoms with E-state index in [2.05, 4.69) is 0 Å². The van der Waals surface area contributed by atoms with Crippen LogP contribution in [0, 0.1) is 5.92 Å². The van der Waals surface area contributed by atoms with Crippen LogP contribution in [0.2, 0.25) is 0 Å². The SMILES string of the molecule is CC(CO)CC(O)(CO)CO. The molecule has 0 aromatic heterocycles. The summed E-state index contributed by atoms with van der Waals surface area (Å²) in [4.78, 5) is 0. The molecule has 0 heterocycles. The molecule has 0 aromatic carbocycles. The molecule has 0 amide bonds. The fraction of sp³-hybridized carbons (Fsp3) is 1.00. The van der Waals surface area contributed by atoms with Gasteiger partial charge in [-0.1, -0.05) is 6.92 Å². The number of hydrogen-bond donors (Lipinski definition) is 4. The monoisotopic (exact) mass is 164 g/mol. The van der Waals surface area contributed by atoms with Gasteiger partial charge in [0.05, 0.1) is 13.2 Å². The lowest BCUT2D eigenvalue weighted by Gasteiger charge is -2.25. The minimum absolute atomic E-state index is 0.0533. The fourth-order valence-electron chi connectivity index (χ4n) is 0.892. The van der Waals surface area contributed by atoms with Crippen LogP contribution in [0.1, 0.15) is 13.3 Å². The molecule has 11 heavy (non-hydrogen) atoms. The summed E-state index contributed by atoms with van der Waals surface area (Å²) >= 11 is 0. The van der Waals surface area contributed by atoms with Crippen LogP contribution in [0.15, 0.2) is 0 Å². The van der Waals surface area contributed by atoms with Crippen LogP contribution in [0.25, 0.3) is 0 Å². The zero-order valence-corrected chi connectivity index (χ0v) is 6.69. The molecule has 0 saturated heterocycles. The highest BCUT2D eigenvalue weighted by molar-refractivity contribution is 4.78. The summed E-state index contributed by atoms with van der Waals surface area (Å²) < 4.78 is 0. The summed E-state index contributed by atoms with van der Waals surface area (Å²) in [5.41, 5.74) is -1.44. The molecular formula is C7H16O4. The van der Waals surface area contributed by atoms with Crippen molar-refractivity contribution in [3.05, 3.63) is 0 Å². The van der Waals surface area contributed by atoms with Crippen molar-refractivity contribution in [1.82, 2.24) is 0 Å². The number of aliphatic hydroxyl groups is 4. The number of aliphatic hydroxyl groups excluding tert-OH is 3. The Morgan fingerprint density at radius 2 is 1.64 bits per heavy atom. The lowest BCUT2D eigenvalue weighted by atomic mass is 9.93. The van der Waals surface area contributed by atoms with Crippen LogP contribution < -0.4 is 0 Å². The normalized spacial score (nSPS) is 15.0. The highest BCUT2D eigenvalue weighted by Crippen LogP contribution is 2.15. The van der Waals surface area contributed by atoms with Crippen molar-refractivity contribution in [3.8, 4) is 0 Å². The molecule has 0 aliphatic carbocycles. The third-order valence-corrected chi connectivity index (χ3v) is 1.63. The van der Waals surface area contributed by atoms with Gasteiger partial charge in [-0.3, -0.25) is 0 Å². The van der Waals surface area contributed by atoms with Crippen LogP contribution in [0.5, 0.6) is 0 Å². The molecule has 0 fully saturated rings. The van der Waals surface area contributed by atoms with Crippen molar-refractivity contribution < 1.29 is 20.4 Å². The maximum atomic E-state index is 9.32. The average molecular weight is 164 g/mol. The lowest BCUT2D eigenvalue weighted by Crippen LogP contribution is -2.39.